The number of hydrogen-bond acceptors (Lipinski definition) is 1. The molecule has 0 radical (unpaired) electrons. The van der Waals surface area contributed by atoms with Gasteiger partial charge in [0, 0.05) is 0 Å². The summed E-state index contributed by atoms with van der Waals surface area (Å²) < 4.78 is 0. The molecule has 0 aliphatic heterocycles. The van der Waals surface area contributed by atoms with Crippen LogP contribution in [0, 0.1) is 0 Å². The maximum atomic E-state index is 3.58. The van der Waals surface area contributed by atoms with Gasteiger partial charge < -0.3 is 5.32 Å². The Balaban J connectivity index is 3.12. The van der Waals surface area contributed by atoms with Gasteiger partial charge in [-0.3, -0.25) is 0 Å². The molecule has 0 atom stereocenters. The van der Waals surface area contributed by atoms with Gasteiger partial charge >= 0.3 is 0 Å². The largest absolute Gasteiger partial charge is 0.317 e. The van der Waals surface area contributed by atoms with Crippen LogP contribution in [0.15, 0.2) is 17.9 Å². The fourth-order valence-electron chi connectivity index (χ4n) is 0.744. The lowest BCUT2D eigenvalue weighted by Gasteiger charge is -1.99. The van der Waals surface area contributed by atoms with Crippen molar-refractivity contribution in [2.75, 3.05) is 13.1 Å². The molecule has 0 aliphatic rings. The van der Waals surface area contributed by atoms with E-state index in [1.807, 2.05) is 0 Å². The maximum absolute atomic E-state index is 3.58. The first kappa shape index (κ1) is 9.48. The Morgan fingerprint density at radius 2 is 2.30 bits per heavy atom. The molecule has 0 aliphatic carbocycles. The molecule has 10 heavy (non-hydrogen) atoms. The number of rotatable bonds is 5. The van der Waals surface area contributed by atoms with E-state index in [0.29, 0.717) is 0 Å². The van der Waals surface area contributed by atoms with Crippen molar-refractivity contribution in [3.05, 3.63) is 17.9 Å². The van der Waals surface area contributed by atoms with E-state index >= 15 is 0 Å². The van der Waals surface area contributed by atoms with Crippen LogP contribution in [0.25, 0.3) is 0 Å². The van der Waals surface area contributed by atoms with Gasteiger partial charge in [-0.2, -0.15) is 0 Å². The minimum Gasteiger partial charge on any atom is -0.317 e. The molecule has 0 aromatic rings. The zero-order chi connectivity index (χ0) is 7.82. The molecule has 0 saturated heterocycles. The van der Waals surface area contributed by atoms with Gasteiger partial charge in [-0.25, -0.2) is 0 Å². The molecule has 0 heterocycles. The summed E-state index contributed by atoms with van der Waals surface area (Å²) in [6, 6.07) is 0. The molecule has 0 saturated carbocycles. The highest BCUT2D eigenvalue weighted by atomic mass is 14.8. The molecule has 1 heteroatoms. The Morgan fingerprint density at radius 3 is 2.80 bits per heavy atom. The summed E-state index contributed by atoms with van der Waals surface area (Å²) in [4.78, 5) is 0. The second-order valence-corrected chi connectivity index (χ2v) is 2.41. The van der Waals surface area contributed by atoms with Gasteiger partial charge in [-0.15, -0.1) is 5.73 Å². The van der Waals surface area contributed by atoms with Gasteiger partial charge in [-0.05, 0) is 38.4 Å². The van der Waals surface area contributed by atoms with Crippen molar-refractivity contribution in [3.63, 3.8) is 0 Å². The fourth-order valence-corrected chi connectivity index (χ4v) is 0.744. The Labute approximate surface area is 63.8 Å². The van der Waals surface area contributed by atoms with Crippen molar-refractivity contribution < 1.29 is 0 Å². The van der Waals surface area contributed by atoms with Crippen molar-refractivity contribution >= 4 is 0 Å². The Kier molecular flexibility index (Phi) is 6.25. The molecular weight excluding hydrogens is 122 g/mol. The van der Waals surface area contributed by atoms with Crippen LogP contribution in [0.3, 0.4) is 0 Å². The smallest absolute Gasteiger partial charge is 0.00458 e. The molecule has 0 aromatic carbocycles. The van der Waals surface area contributed by atoms with Crippen LogP contribution in [-0.4, -0.2) is 13.1 Å². The van der Waals surface area contributed by atoms with E-state index in [0.717, 1.165) is 19.5 Å². The molecule has 0 rings (SSSR count). The predicted octanol–water partition coefficient (Wildman–Crippen LogP) is 2.11. The first-order chi connectivity index (χ1) is 4.81. The summed E-state index contributed by atoms with van der Waals surface area (Å²) in [5, 5.41) is 3.27. The molecule has 0 fully saturated rings. The van der Waals surface area contributed by atoms with E-state index in [9.17, 15) is 0 Å². The standard InChI is InChI=1S/C9H17N/c1-4-9(3)7-6-8-10-5-2/h10H,1,5-8H2,2-3H3. The second-order valence-electron chi connectivity index (χ2n) is 2.41. The minimum absolute atomic E-state index is 1.07. The number of hydrogen-bond donors (Lipinski definition) is 1. The van der Waals surface area contributed by atoms with Crippen LogP contribution in [0.2, 0.25) is 0 Å². The lowest BCUT2D eigenvalue weighted by atomic mass is 10.2. The summed E-state index contributed by atoms with van der Waals surface area (Å²) in [6.07, 6.45) is 2.32. The van der Waals surface area contributed by atoms with Crippen molar-refractivity contribution in [3.8, 4) is 0 Å². The first-order valence-electron chi connectivity index (χ1n) is 3.87. The molecule has 0 amide bonds. The van der Waals surface area contributed by atoms with Gasteiger partial charge in [-0.1, -0.05) is 13.5 Å². The maximum Gasteiger partial charge on any atom is -0.00458 e. The first-order valence-corrected chi connectivity index (χ1v) is 3.87. The second kappa shape index (κ2) is 6.60. The van der Waals surface area contributed by atoms with Gasteiger partial charge in [0.05, 0.1) is 0 Å². The summed E-state index contributed by atoms with van der Waals surface area (Å²) >= 11 is 0. The molecule has 0 unspecified atom stereocenters. The summed E-state index contributed by atoms with van der Waals surface area (Å²) in [7, 11) is 0. The molecule has 58 valence electrons. The zero-order valence-corrected chi connectivity index (χ0v) is 7.04. The van der Waals surface area contributed by atoms with Crippen LogP contribution in [0.1, 0.15) is 26.7 Å². The Bertz CT molecular complexity index is 121. The van der Waals surface area contributed by atoms with E-state index in [-0.39, 0.29) is 0 Å². The average molecular weight is 139 g/mol. The zero-order valence-electron chi connectivity index (χ0n) is 7.04. The quantitative estimate of drug-likeness (QED) is 0.454. The molecule has 1 N–H and O–H groups in total. The van der Waals surface area contributed by atoms with Crippen LogP contribution < -0.4 is 5.32 Å². The van der Waals surface area contributed by atoms with Crippen molar-refractivity contribution in [1.82, 2.24) is 5.32 Å². The molecular formula is C9H17N. The average Bonchev–Trinajstić information content (AvgIpc) is 1.98. The fraction of sp³-hybridized carbons (Fsp3) is 0.667. The van der Waals surface area contributed by atoms with Gasteiger partial charge in [0.2, 0.25) is 0 Å². The van der Waals surface area contributed by atoms with Crippen LogP contribution in [0.4, 0.5) is 0 Å². The highest BCUT2D eigenvalue weighted by Gasteiger charge is 1.87. The molecule has 0 spiro atoms. The third-order valence-electron chi connectivity index (χ3n) is 1.46. The predicted molar refractivity (Wildman–Crippen MR) is 46.1 cm³/mol. The Morgan fingerprint density at radius 1 is 1.60 bits per heavy atom. The van der Waals surface area contributed by atoms with Crippen LogP contribution in [-0.2, 0) is 0 Å². The van der Waals surface area contributed by atoms with Crippen molar-refractivity contribution in [2.45, 2.75) is 26.7 Å². The number of nitrogens with one attached hydrogen (secondary N) is 1. The van der Waals surface area contributed by atoms with Gasteiger partial charge in [0.25, 0.3) is 0 Å². The van der Waals surface area contributed by atoms with E-state index in [2.05, 4.69) is 31.5 Å². The highest BCUT2D eigenvalue weighted by Crippen LogP contribution is 1.99. The van der Waals surface area contributed by atoms with Crippen molar-refractivity contribution in [1.29, 1.82) is 0 Å². The van der Waals surface area contributed by atoms with Gasteiger partial charge in [0.1, 0.15) is 0 Å². The topological polar surface area (TPSA) is 12.0 Å². The monoisotopic (exact) mass is 139 g/mol. The highest BCUT2D eigenvalue weighted by molar-refractivity contribution is 4.93. The van der Waals surface area contributed by atoms with Crippen LogP contribution in [0.5, 0.6) is 0 Å². The molecule has 0 bridgehead atoms. The van der Waals surface area contributed by atoms with E-state index < -0.39 is 0 Å². The van der Waals surface area contributed by atoms with Crippen molar-refractivity contribution in [2.24, 2.45) is 0 Å². The minimum atomic E-state index is 1.07. The third-order valence-corrected chi connectivity index (χ3v) is 1.46. The summed E-state index contributed by atoms with van der Waals surface area (Å²) in [6.45, 7) is 9.94. The lowest BCUT2D eigenvalue weighted by molar-refractivity contribution is 0.671. The van der Waals surface area contributed by atoms with E-state index in [1.54, 1.807) is 0 Å². The summed E-state index contributed by atoms with van der Waals surface area (Å²) in [5.74, 6) is 0. The van der Waals surface area contributed by atoms with Crippen LogP contribution >= 0.6 is 0 Å². The normalized spacial score (nSPS) is 9.00. The number of allylic oxidation sites excluding steroid dienone is 1. The molecule has 0 aromatic heterocycles. The Hall–Kier alpha value is -0.520. The van der Waals surface area contributed by atoms with E-state index in [4.69, 9.17) is 0 Å². The SMILES string of the molecule is C=C=C(C)CCCNCC. The summed E-state index contributed by atoms with van der Waals surface area (Å²) in [5.41, 5.74) is 4.14. The molecule has 1 nitrogen and oxygen atoms in total. The lowest BCUT2D eigenvalue weighted by Crippen LogP contribution is -2.13. The third kappa shape index (κ3) is 5.61. The van der Waals surface area contributed by atoms with E-state index in [1.165, 1.54) is 12.0 Å². The van der Waals surface area contributed by atoms with Gasteiger partial charge in [0.15, 0.2) is 0 Å².